The number of carbonyl (C=O) groups is 2. The summed E-state index contributed by atoms with van der Waals surface area (Å²) < 4.78 is 5.36. The Bertz CT molecular complexity index is 1090. The molecule has 1 radical (unpaired) electrons. The van der Waals surface area contributed by atoms with Gasteiger partial charge in [0.1, 0.15) is 5.75 Å². The van der Waals surface area contributed by atoms with Crippen molar-refractivity contribution in [2.45, 2.75) is 18.5 Å². The Labute approximate surface area is 205 Å². The number of para-hydroxylation sites is 1. The van der Waals surface area contributed by atoms with Crippen molar-refractivity contribution in [2.75, 3.05) is 5.32 Å². The van der Waals surface area contributed by atoms with Gasteiger partial charge in [-0.2, -0.15) is 5.26 Å². The zero-order valence-electron chi connectivity index (χ0n) is 16.7. The van der Waals surface area contributed by atoms with Crippen molar-refractivity contribution in [1.82, 2.24) is 9.88 Å². The molecule has 3 aromatic rings. The van der Waals surface area contributed by atoms with E-state index in [1.54, 1.807) is 48.7 Å². The monoisotopic (exact) mass is 492 g/mol. The van der Waals surface area contributed by atoms with Crippen molar-refractivity contribution in [3.63, 3.8) is 0 Å². The van der Waals surface area contributed by atoms with Gasteiger partial charge in [0.2, 0.25) is 5.91 Å². The number of benzene rings is 2. The maximum atomic E-state index is 12.4. The molecule has 0 bridgehead atoms. The number of aromatic amines is 1. The van der Waals surface area contributed by atoms with Gasteiger partial charge in [0.25, 0.3) is 0 Å². The first-order chi connectivity index (χ1) is 14.4. The number of ether oxygens (including phenoxy) is 1. The predicted octanol–water partition coefficient (Wildman–Crippen LogP) is 2.99. The van der Waals surface area contributed by atoms with Gasteiger partial charge in [0, 0.05) is 55.5 Å². The first kappa shape index (κ1) is 24.5. The number of nitrogens with zero attached hydrogens (tertiary/aromatic N) is 2. The van der Waals surface area contributed by atoms with E-state index in [9.17, 15) is 9.59 Å². The Morgan fingerprint density at radius 2 is 1.97 bits per heavy atom. The maximum Gasteiger partial charge on any atom is 0.417 e. The summed E-state index contributed by atoms with van der Waals surface area (Å²) >= 11 is 0. The number of H-pyrrole nitrogens is 1. The van der Waals surface area contributed by atoms with E-state index in [1.165, 1.54) is 0 Å². The standard InChI is InChI=1S/C22H21N5O3.Y/c1-14(12-23)27(2)21(28)19(24)10-15-13-25-20-9-8-17(11-18(15)20)30-22(29)26-16-6-4-3-5-7-16;/h3-9,11,13-14,19,25H,1-2,10,24H2,(H,26,29);/q-2;/t14?,19-;/m0./s1. The Hall–Kier alpha value is -2.73. The molecule has 2 aromatic carbocycles. The normalized spacial score (nSPS) is 12.2. The minimum atomic E-state index is -0.922. The van der Waals surface area contributed by atoms with E-state index >= 15 is 0 Å². The molecule has 1 unspecified atom stereocenters. The number of hydrogen-bond donors (Lipinski definition) is 3. The third-order valence-electron chi connectivity index (χ3n) is 4.53. The van der Waals surface area contributed by atoms with Crippen LogP contribution in [0, 0.1) is 25.3 Å². The van der Waals surface area contributed by atoms with Gasteiger partial charge in [-0.25, -0.2) is 4.79 Å². The molecule has 8 nitrogen and oxygen atoms in total. The molecule has 3 rings (SSSR count). The fraction of sp³-hybridized carbons (Fsp3) is 0.136. The van der Waals surface area contributed by atoms with Crippen molar-refractivity contribution >= 4 is 28.6 Å². The van der Waals surface area contributed by atoms with Gasteiger partial charge in [0.05, 0.1) is 12.1 Å². The van der Waals surface area contributed by atoms with Gasteiger partial charge in [-0.15, -0.1) is 0 Å². The largest absolute Gasteiger partial charge is 0.505 e. The smallest absolute Gasteiger partial charge is 0.417 e. The second-order valence-electron chi connectivity index (χ2n) is 6.67. The van der Waals surface area contributed by atoms with E-state index in [4.69, 9.17) is 15.7 Å². The molecule has 2 atom stereocenters. The Balaban J connectivity index is 0.00000341. The molecule has 0 saturated carbocycles. The number of rotatable bonds is 6. The Morgan fingerprint density at radius 3 is 2.65 bits per heavy atom. The Kier molecular flexibility index (Phi) is 8.75. The zero-order chi connectivity index (χ0) is 21.7. The number of amides is 2. The van der Waals surface area contributed by atoms with Crippen molar-refractivity contribution < 1.29 is 47.0 Å². The number of nitrogens with two attached hydrogens (primary N) is 1. The Morgan fingerprint density at radius 1 is 1.26 bits per heavy atom. The molecule has 0 saturated heterocycles. The van der Waals surface area contributed by atoms with Gasteiger partial charge in [-0.3, -0.25) is 17.2 Å². The van der Waals surface area contributed by atoms with Crippen LogP contribution in [0.5, 0.6) is 5.75 Å². The molecule has 2 amide bonds. The second-order valence-corrected chi connectivity index (χ2v) is 6.67. The molecule has 4 N–H and O–H groups in total. The topological polar surface area (TPSA) is 124 Å². The summed E-state index contributed by atoms with van der Waals surface area (Å²) in [6.45, 7) is 3.54. The summed E-state index contributed by atoms with van der Waals surface area (Å²) in [6, 6.07) is 14.1. The molecule has 0 aliphatic heterocycles. The summed E-state index contributed by atoms with van der Waals surface area (Å²) in [4.78, 5) is 28.5. The van der Waals surface area contributed by atoms with E-state index < -0.39 is 24.1 Å². The molecule has 1 heterocycles. The number of anilines is 1. The number of aromatic nitrogens is 1. The third-order valence-corrected chi connectivity index (χ3v) is 4.53. The van der Waals surface area contributed by atoms with Crippen LogP contribution < -0.4 is 15.8 Å². The predicted molar refractivity (Wildman–Crippen MR) is 113 cm³/mol. The fourth-order valence-corrected chi connectivity index (χ4v) is 2.92. The van der Waals surface area contributed by atoms with Gasteiger partial charge >= 0.3 is 6.09 Å². The van der Waals surface area contributed by atoms with Crippen LogP contribution >= 0.6 is 0 Å². The van der Waals surface area contributed by atoms with E-state index in [2.05, 4.69) is 24.3 Å². The minimum Gasteiger partial charge on any atom is -0.505 e. The van der Waals surface area contributed by atoms with Gasteiger partial charge in [-0.05, 0) is 48.4 Å². The van der Waals surface area contributed by atoms with E-state index in [-0.39, 0.29) is 39.1 Å². The molecule has 0 fully saturated rings. The van der Waals surface area contributed by atoms with E-state index in [0.717, 1.165) is 21.4 Å². The van der Waals surface area contributed by atoms with Crippen molar-refractivity contribution in [1.29, 1.82) is 5.26 Å². The number of carbonyl (C=O) groups excluding carboxylic acids is 2. The van der Waals surface area contributed by atoms with Crippen LogP contribution in [0.1, 0.15) is 5.56 Å². The second kappa shape index (κ2) is 11.1. The molecule has 9 heteroatoms. The summed E-state index contributed by atoms with van der Waals surface area (Å²) in [5, 5.41) is 12.3. The zero-order valence-corrected chi connectivity index (χ0v) is 19.6. The molecular weight excluding hydrogens is 471 g/mol. The summed E-state index contributed by atoms with van der Waals surface area (Å²) in [6.07, 6.45) is 1.34. The van der Waals surface area contributed by atoms with Crippen molar-refractivity contribution in [3.05, 3.63) is 74.3 Å². The van der Waals surface area contributed by atoms with E-state index in [0.29, 0.717) is 11.4 Å². The van der Waals surface area contributed by atoms with Crippen LogP contribution in [0.4, 0.5) is 10.5 Å². The van der Waals surface area contributed by atoms with Crippen LogP contribution in [0.3, 0.4) is 0 Å². The van der Waals surface area contributed by atoms with E-state index in [1.807, 2.05) is 12.1 Å². The summed E-state index contributed by atoms with van der Waals surface area (Å²) in [5.74, 6) is -0.140. The maximum absolute atomic E-state index is 12.4. The summed E-state index contributed by atoms with van der Waals surface area (Å²) in [5.41, 5.74) is 8.21. The minimum absolute atomic E-state index is 0. The van der Waals surface area contributed by atoms with Crippen LogP contribution in [-0.2, 0) is 43.9 Å². The molecule has 0 aliphatic rings. The molecule has 0 spiro atoms. The SMILES string of the molecule is [CH2-]C(C#N)N([CH2-])C(=O)[C@@H](N)Cc1c[nH]c2ccc(OC(=O)Nc3ccccc3)cc12.[Y]. The van der Waals surface area contributed by atoms with Crippen LogP contribution in [0.2, 0.25) is 0 Å². The third kappa shape index (κ3) is 6.14. The van der Waals surface area contributed by atoms with Crippen LogP contribution in [0.15, 0.2) is 54.7 Å². The van der Waals surface area contributed by atoms with Gasteiger partial charge < -0.3 is 27.3 Å². The number of nitrogens with one attached hydrogen (secondary N) is 2. The quantitative estimate of drug-likeness (QED) is 0.457. The van der Waals surface area contributed by atoms with Crippen LogP contribution in [-0.4, -0.2) is 34.0 Å². The molecule has 1 aromatic heterocycles. The molecular formula is C22H21N5O3Y-2. The average Bonchev–Trinajstić information content (AvgIpc) is 3.14. The fourth-order valence-electron chi connectivity index (χ4n) is 2.92. The molecule has 0 aliphatic carbocycles. The average molecular weight is 492 g/mol. The molecule has 157 valence electrons. The van der Waals surface area contributed by atoms with Crippen molar-refractivity contribution in [2.24, 2.45) is 5.73 Å². The molecule has 31 heavy (non-hydrogen) atoms. The van der Waals surface area contributed by atoms with Gasteiger partial charge in [-0.1, -0.05) is 18.2 Å². The van der Waals surface area contributed by atoms with Crippen LogP contribution in [0.25, 0.3) is 10.9 Å². The number of nitriles is 1. The first-order valence-corrected chi connectivity index (χ1v) is 9.14. The number of hydrogen-bond acceptors (Lipinski definition) is 5. The number of fused-ring (bicyclic) bond motifs is 1. The summed E-state index contributed by atoms with van der Waals surface area (Å²) in [7, 11) is 3.55. The van der Waals surface area contributed by atoms with Crippen molar-refractivity contribution in [3.8, 4) is 11.8 Å². The first-order valence-electron chi connectivity index (χ1n) is 9.14. The van der Waals surface area contributed by atoms with Gasteiger partial charge in [0.15, 0.2) is 0 Å².